The minimum atomic E-state index is -2.10. The molecule has 0 aliphatic carbocycles. The SMILES string of the molecule is CO[C@H]1[C@H](OCc2ccccc2)[C@@H](OCc2ccccc2)c2nc(I)cn2[C@@H]1CO[Si](C(C)C)(C(C)C)C(C)C. The van der Waals surface area contributed by atoms with Gasteiger partial charge in [-0.15, -0.1) is 0 Å². The van der Waals surface area contributed by atoms with Crippen molar-refractivity contribution in [2.45, 2.75) is 95.7 Å². The van der Waals surface area contributed by atoms with Crippen LogP contribution < -0.4 is 0 Å². The summed E-state index contributed by atoms with van der Waals surface area (Å²) in [5.41, 5.74) is 3.70. The van der Waals surface area contributed by atoms with Gasteiger partial charge in [0.2, 0.25) is 0 Å². The average Bonchev–Trinajstić information content (AvgIpc) is 3.32. The predicted octanol–water partition coefficient (Wildman–Crippen LogP) is 8.09. The first-order valence-electron chi connectivity index (χ1n) is 14.4. The molecular formula is C32H45IN2O4Si. The maximum atomic E-state index is 7.14. The van der Waals surface area contributed by atoms with Gasteiger partial charge in [-0.05, 0) is 50.3 Å². The van der Waals surface area contributed by atoms with Crippen molar-refractivity contribution in [2.75, 3.05) is 13.7 Å². The van der Waals surface area contributed by atoms with Gasteiger partial charge in [-0.1, -0.05) is 102 Å². The van der Waals surface area contributed by atoms with Crippen LogP contribution in [0, 0.1) is 3.70 Å². The molecule has 2 heterocycles. The monoisotopic (exact) mass is 676 g/mol. The molecule has 0 saturated heterocycles. The van der Waals surface area contributed by atoms with Gasteiger partial charge < -0.3 is 23.2 Å². The van der Waals surface area contributed by atoms with E-state index >= 15 is 0 Å². The zero-order chi connectivity index (χ0) is 28.9. The van der Waals surface area contributed by atoms with E-state index in [9.17, 15) is 0 Å². The Hall–Kier alpha value is -1.56. The summed E-state index contributed by atoms with van der Waals surface area (Å²) >= 11 is 2.29. The molecule has 2 aromatic carbocycles. The Morgan fingerprint density at radius 2 is 1.32 bits per heavy atom. The van der Waals surface area contributed by atoms with Gasteiger partial charge in [0.25, 0.3) is 0 Å². The lowest BCUT2D eigenvalue weighted by Gasteiger charge is -2.46. The van der Waals surface area contributed by atoms with Crippen molar-refractivity contribution in [1.82, 2.24) is 9.55 Å². The first kappa shape index (κ1) is 31.4. The molecule has 4 atom stereocenters. The highest BCUT2D eigenvalue weighted by atomic mass is 127. The van der Waals surface area contributed by atoms with Crippen molar-refractivity contribution in [1.29, 1.82) is 0 Å². The van der Waals surface area contributed by atoms with Gasteiger partial charge in [0.1, 0.15) is 27.8 Å². The number of benzene rings is 2. The van der Waals surface area contributed by atoms with Crippen LogP contribution in [0.25, 0.3) is 0 Å². The van der Waals surface area contributed by atoms with Crippen molar-refractivity contribution in [3.8, 4) is 0 Å². The molecule has 0 saturated carbocycles. The number of ether oxygens (including phenoxy) is 3. The van der Waals surface area contributed by atoms with Crippen LogP contribution in [0.5, 0.6) is 0 Å². The molecule has 1 aromatic heterocycles. The molecule has 218 valence electrons. The summed E-state index contributed by atoms with van der Waals surface area (Å²) in [7, 11) is -0.328. The normalized spacial score (nSPS) is 21.4. The van der Waals surface area contributed by atoms with Gasteiger partial charge in [0.15, 0.2) is 8.32 Å². The molecule has 0 amide bonds. The van der Waals surface area contributed by atoms with Gasteiger partial charge in [0.05, 0.1) is 25.9 Å². The number of hydrogen-bond acceptors (Lipinski definition) is 5. The van der Waals surface area contributed by atoms with Crippen LogP contribution in [0.3, 0.4) is 0 Å². The lowest BCUT2D eigenvalue weighted by Crippen LogP contribution is -2.53. The first-order valence-corrected chi connectivity index (χ1v) is 17.6. The average molecular weight is 677 g/mol. The summed E-state index contributed by atoms with van der Waals surface area (Å²) < 4.78 is 29.9. The summed E-state index contributed by atoms with van der Waals surface area (Å²) in [6, 6.07) is 20.4. The van der Waals surface area contributed by atoms with Crippen LogP contribution in [0.4, 0.5) is 0 Å². The number of halogens is 1. The Morgan fingerprint density at radius 3 is 1.82 bits per heavy atom. The minimum absolute atomic E-state index is 0.0866. The highest BCUT2D eigenvalue weighted by molar-refractivity contribution is 14.1. The summed E-state index contributed by atoms with van der Waals surface area (Å²) in [5, 5.41) is 0. The fourth-order valence-electron chi connectivity index (χ4n) is 6.62. The Labute approximate surface area is 255 Å². The molecule has 0 bridgehead atoms. The molecular weight excluding hydrogens is 631 g/mol. The maximum Gasteiger partial charge on any atom is 0.200 e. The molecule has 1 aliphatic heterocycles. The van der Waals surface area contributed by atoms with Crippen molar-refractivity contribution in [3.05, 3.63) is 87.5 Å². The molecule has 40 heavy (non-hydrogen) atoms. The summed E-state index contributed by atoms with van der Waals surface area (Å²) in [6.07, 6.45) is 1.07. The third kappa shape index (κ3) is 6.73. The lowest BCUT2D eigenvalue weighted by molar-refractivity contribution is -0.174. The van der Waals surface area contributed by atoms with Crippen LogP contribution >= 0.6 is 22.6 Å². The molecule has 0 N–H and O–H groups in total. The maximum absolute atomic E-state index is 7.14. The summed E-state index contributed by atoms with van der Waals surface area (Å²) in [5.74, 6) is 0.867. The second-order valence-electron chi connectivity index (χ2n) is 11.7. The van der Waals surface area contributed by atoms with E-state index in [1.165, 1.54) is 0 Å². The van der Waals surface area contributed by atoms with E-state index in [-0.39, 0.29) is 18.2 Å². The fourth-order valence-corrected chi connectivity index (χ4v) is 12.6. The van der Waals surface area contributed by atoms with Crippen molar-refractivity contribution in [3.63, 3.8) is 0 Å². The lowest BCUT2D eigenvalue weighted by atomic mass is 9.95. The smallest absolute Gasteiger partial charge is 0.200 e. The molecule has 0 spiro atoms. The minimum Gasteiger partial charge on any atom is -0.414 e. The summed E-state index contributed by atoms with van der Waals surface area (Å²) in [6.45, 7) is 15.4. The summed E-state index contributed by atoms with van der Waals surface area (Å²) in [4.78, 5) is 4.96. The molecule has 6 nitrogen and oxygen atoms in total. The van der Waals surface area contributed by atoms with Gasteiger partial charge >= 0.3 is 0 Å². The van der Waals surface area contributed by atoms with E-state index in [1.807, 2.05) is 36.4 Å². The van der Waals surface area contributed by atoms with Crippen molar-refractivity contribution < 1.29 is 18.6 Å². The molecule has 0 unspecified atom stereocenters. The number of hydrogen-bond donors (Lipinski definition) is 0. The zero-order valence-corrected chi connectivity index (χ0v) is 28.1. The Kier molecular flexibility index (Phi) is 11.0. The standard InChI is InChI=1S/C32H45IN2O4Si/c1-22(2)40(23(3)4,24(5)6)39-21-27-29(36-7)30(37-19-25-14-10-8-11-15-25)31(32-34-28(33)18-35(27)32)38-20-26-16-12-9-13-17-26/h8-18,22-24,27,29-31H,19-21H2,1-7H3/t27-,29-,30+,31-/m1/s1. The molecule has 1 aliphatic rings. The topological polar surface area (TPSA) is 54.7 Å². The first-order chi connectivity index (χ1) is 19.2. The number of rotatable bonds is 13. The highest BCUT2D eigenvalue weighted by Gasteiger charge is 2.50. The van der Waals surface area contributed by atoms with E-state index in [1.54, 1.807) is 7.11 Å². The van der Waals surface area contributed by atoms with Gasteiger partial charge in [-0.3, -0.25) is 0 Å². The van der Waals surface area contributed by atoms with E-state index in [2.05, 4.69) is 99.2 Å². The fraction of sp³-hybridized carbons (Fsp3) is 0.531. The Balaban J connectivity index is 1.70. The number of imidazole rings is 1. The van der Waals surface area contributed by atoms with Crippen molar-refractivity contribution in [2.24, 2.45) is 0 Å². The van der Waals surface area contributed by atoms with Gasteiger partial charge in [0, 0.05) is 13.3 Å². The zero-order valence-electron chi connectivity index (χ0n) is 24.9. The van der Waals surface area contributed by atoms with Gasteiger partial charge in [-0.2, -0.15) is 0 Å². The molecule has 4 rings (SSSR count). The van der Waals surface area contributed by atoms with E-state index < -0.39 is 14.4 Å². The van der Waals surface area contributed by atoms with E-state index in [0.717, 1.165) is 20.7 Å². The third-order valence-electron chi connectivity index (χ3n) is 8.39. The predicted molar refractivity (Wildman–Crippen MR) is 171 cm³/mol. The molecule has 3 aromatic rings. The second kappa shape index (κ2) is 14.1. The van der Waals surface area contributed by atoms with Crippen molar-refractivity contribution >= 4 is 30.9 Å². The molecule has 0 fully saturated rings. The molecule has 8 heteroatoms. The molecule has 0 radical (unpaired) electrons. The van der Waals surface area contributed by atoms with Crippen LogP contribution in [-0.4, -0.2) is 43.8 Å². The van der Waals surface area contributed by atoms with Crippen LogP contribution in [0.15, 0.2) is 66.9 Å². The quantitative estimate of drug-likeness (QED) is 0.135. The number of nitrogens with zero attached hydrogens (tertiary/aromatic N) is 2. The Bertz CT molecular complexity index is 1170. The Morgan fingerprint density at radius 1 is 0.800 bits per heavy atom. The number of aromatic nitrogens is 2. The largest absolute Gasteiger partial charge is 0.414 e. The number of fused-ring (bicyclic) bond motifs is 1. The third-order valence-corrected chi connectivity index (χ3v) is 15.0. The van der Waals surface area contributed by atoms with Gasteiger partial charge in [-0.25, -0.2) is 4.98 Å². The highest BCUT2D eigenvalue weighted by Crippen LogP contribution is 2.45. The van der Waals surface area contributed by atoms with E-state index in [0.29, 0.717) is 36.4 Å². The second-order valence-corrected chi connectivity index (χ2v) is 18.3. The van der Waals surface area contributed by atoms with Crippen LogP contribution in [0.1, 0.15) is 70.6 Å². The van der Waals surface area contributed by atoms with E-state index in [4.69, 9.17) is 23.6 Å². The number of methoxy groups -OCH3 is 1. The van der Waals surface area contributed by atoms with Crippen LogP contribution in [-0.2, 0) is 31.9 Å². The van der Waals surface area contributed by atoms with Crippen LogP contribution in [0.2, 0.25) is 16.6 Å².